The first kappa shape index (κ1) is 26.2. The average Bonchev–Trinajstić information content (AvgIpc) is 2.76. The maximum Gasteiger partial charge on any atom is 0.408 e. The molecule has 0 aliphatic carbocycles. The zero-order valence-corrected chi connectivity index (χ0v) is 19.7. The van der Waals surface area contributed by atoms with Gasteiger partial charge in [0, 0.05) is 30.3 Å². The SMILES string of the molecule is C=CCCC(=O)Nc1cc([N+](=O)[O-])ccc1-c1ccnc(C(CC=C)NC(=O)OC(C)(C)C)c1. The van der Waals surface area contributed by atoms with Crippen molar-refractivity contribution in [3.8, 4) is 11.1 Å². The van der Waals surface area contributed by atoms with Crippen molar-refractivity contribution in [2.45, 2.75) is 51.7 Å². The number of alkyl carbamates (subject to hydrolysis) is 1. The molecule has 180 valence electrons. The number of carbonyl (C=O) groups excluding carboxylic acids is 2. The number of nitrogens with one attached hydrogen (secondary N) is 2. The van der Waals surface area contributed by atoms with E-state index in [4.69, 9.17) is 4.74 Å². The quantitative estimate of drug-likeness (QED) is 0.263. The molecule has 2 rings (SSSR count). The predicted octanol–water partition coefficient (Wildman–Crippen LogP) is 5.70. The number of nitrogens with zero attached hydrogens (tertiary/aromatic N) is 2. The molecule has 0 aliphatic rings. The Kier molecular flexibility index (Phi) is 9.06. The minimum Gasteiger partial charge on any atom is -0.444 e. The van der Waals surface area contributed by atoms with Crippen molar-refractivity contribution >= 4 is 23.4 Å². The van der Waals surface area contributed by atoms with E-state index >= 15 is 0 Å². The second-order valence-corrected chi connectivity index (χ2v) is 8.56. The maximum absolute atomic E-state index is 12.3. The van der Waals surface area contributed by atoms with Crippen molar-refractivity contribution in [2.75, 3.05) is 5.32 Å². The van der Waals surface area contributed by atoms with Gasteiger partial charge >= 0.3 is 6.09 Å². The van der Waals surface area contributed by atoms with Gasteiger partial charge in [-0.3, -0.25) is 19.9 Å². The van der Waals surface area contributed by atoms with Crippen LogP contribution >= 0.6 is 0 Å². The molecular formula is C25H30N4O5. The maximum atomic E-state index is 12.3. The van der Waals surface area contributed by atoms with Gasteiger partial charge in [0.15, 0.2) is 0 Å². The summed E-state index contributed by atoms with van der Waals surface area (Å²) < 4.78 is 5.35. The highest BCUT2D eigenvalue weighted by molar-refractivity contribution is 5.96. The zero-order chi connectivity index (χ0) is 25.3. The fourth-order valence-corrected chi connectivity index (χ4v) is 3.12. The lowest BCUT2D eigenvalue weighted by Crippen LogP contribution is -2.35. The number of benzene rings is 1. The zero-order valence-electron chi connectivity index (χ0n) is 19.7. The van der Waals surface area contributed by atoms with E-state index in [0.29, 0.717) is 35.3 Å². The smallest absolute Gasteiger partial charge is 0.408 e. The van der Waals surface area contributed by atoms with E-state index in [-0.39, 0.29) is 18.0 Å². The first-order chi connectivity index (χ1) is 16.0. The van der Waals surface area contributed by atoms with Crippen LogP contribution in [0.3, 0.4) is 0 Å². The summed E-state index contributed by atoms with van der Waals surface area (Å²) in [6.07, 6.45) is 5.36. The number of pyridine rings is 1. The van der Waals surface area contributed by atoms with Crippen LogP contribution in [0.4, 0.5) is 16.2 Å². The first-order valence-electron chi connectivity index (χ1n) is 10.8. The number of anilines is 1. The summed E-state index contributed by atoms with van der Waals surface area (Å²) in [5, 5.41) is 16.8. The second-order valence-electron chi connectivity index (χ2n) is 8.56. The number of rotatable bonds is 10. The Morgan fingerprint density at radius 1 is 1.21 bits per heavy atom. The molecule has 1 aromatic heterocycles. The lowest BCUT2D eigenvalue weighted by Gasteiger charge is -2.23. The van der Waals surface area contributed by atoms with Gasteiger partial charge in [-0.1, -0.05) is 12.2 Å². The van der Waals surface area contributed by atoms with E-state index in [1.807, 2.05) is 0 Å². The van der Waals surface area contributed by atoms with Gasteiger partial charge in [0.1, 0.15) is 5.60 Å². The average molecular weight is 467 g/mol. The van der Waals surface area contributed by atoms with Crippen LogP contribution in [0.5, 0.6) is 0 Å². The van der Waals surface area contributed by atoms with Gasteiger partial charge < -0.3 is 15.4 Å². The number of nitro groups is 1. The number of allylic oxidation sites excluding steroid dienone is 1. The molecule has 1 heterocycles. The monoisotopic (exact) mass is 466 g/mol. The van der Waals surface area contributed by atoms with Crippen LogP contribution in [0, 0.1) is 10.1 Å². The van der Waals surface area contributed by atoms with E-state index < -0.39 is 22.7 Å². The summed E-state index contributed by atoms with van der Waals surface area (Å²) in [4.78, 5) is 39.8. The third kappa shape index (κ3) is 7.84. The van der Waals surface area contributed by atoms with Crippen LogP contribution < -0.4 is 10.6 Å². The Morgan fingerprint density at radius 3 is 2.56 bits per heavy atom. The van der Waals surface area contributed by atoms with Crippen LogP contribution in [-0.4, -0.2) is 27.5 Å². The van der Waals surface area contributed by atoms with Crippen molar-refractivity contribution in [1.82, 2.24) is 10.3 Å². The molecule has 2 amide bonds. The summed E-state index contributed by atoms with van der Waals surface area (Å²) in [5.41, 5.74) is 1.30. The molecule has 0 spiro atoms. The first-order valence-corrected chi connectivity index (χ1v) is 10.8. The van der Waals surface area contributed by atoms with Crippen molar-refractivity contribution in [1.29, 1.82) is 0 Å². The highest BCUT2D eigenvalue weighted by Gasteiger charge is 2.22. The predicted molar refractivity (Wildman–Crippen MR) is 131 cm³/mol. The Hall–Kier alpha value is -4.01. The molecular weight excluding hydrogens is 436 g/mol. The number of ether oxygens (including phenoxy) is 1. The summed E-state index contributed by atoms with van der Waals surface area (Å²) in [6.45, 7) is 12.7. The molecule has 0 saturated heterocycles. The molecule has 0 saturated carbocycles. The summed E-state index contributed by atoms with van der Waals surface area (Å²) in [5.74, 6) is -0.285. The van der Waals surface area contributed by atoms with Crippen LogP contribution in [0.15, 0.2) is 61.8 Å². The highest BCUT2D eigenvalue weighted by atomic mass is 16.6. The Bertz CT molecular complexity index is 1080. The van der Waals surface area contributed by atoms with Gasteiger partial charge in [0.05, 0.1) is 22.3 Å². The van der Waals surface area contributed by atoms with Crippen molar-refractivity contribution in [2.24, 2.45) is 0 Å². The van der Waals surface area contributed by atoms with Gasteiger partial charge in [0.2, 0.25) is 5.91 Å². The van der Waals surface area contributed by atoms with Crippen molar-refractivity contribution < 1.29 is 19.2 Å². The fourth-order valence-electron chi connectivity index (χ4n) is 3.12. The molecule has 0 radical (unpaired) electrons. The van der Waals surface area contributed by atoms with Crippen molar-refractivity contribution in [3.05, 3.63) is 77.6 Å². The number of non-ortho nitro benzene ring substituents is 1. The minimum atomic E-state index is -0.657. The third-order valence-electron chi connectivity index (χ3n) is 4.61. The van der Waals surface area contributed by atoms with E-state index in [1.54, 1.807) is 57.3 Å². The molecule has 0 bridgehead atoms. The molecule has 0 fully saturated rings. The molecule has 0 aliphatic heterocycles. The summed E-state index contributed by atoms with van der Waals surface area (Å²) in [6, 6.07) is 7.24. The second kappa shape index (κ2) is 11.7. The van der Waals surface area contributed by atoms with Crippen LogP contribution in [-0.2, 0) is 9.53 Å². The van der Waals surface area contributed by atoms with E-state index in [2.05, 4.69) is 28.8 Å². The Morgan fingerprint density at radius 2 is 1.94 bits per heavy atom. The lowest BCUT2D eigenvalue weighted by atomic mass is 10.0. The molecule has 1 atom stereocenters. The van der Waals surface area contributed by atoms with Gasteiger partial charge in [-0.05, 0) is 57.4 Å². The van der Waals surface area contributed by atoms with E-state index in [0.717, 1.165) is 0 Å². The van der Waals surface area contributed by atoms with Crippen molar-refractivity contribution in [3.63, 3.8) is 0 Å². The Balaban J connectivity index is 2.42. The molecule has 9 heteroatoms. The van der Waals surface area contributed by atoms with E-state index in [1.165, 1.54) is 12.1 Å². The van der Waals surface area contributed by atoms with E-state index in [9.17, 15) is 19.7 Å². The standard InChI is InChI=1S/C25H30N4O5/c1-6-8-10-23(30)27-21-16-18(29(32)33)11-12-19(21)17-13-14-26-22(15-17)20(9-7-2)28-24(31)34-25(3,4)5/h6-7,11-16,20H,1-2,8-10H2,3-5H3,(H,27,30)(H,28,31). The number of aromatic nitrogens is 1. The van der Waals surface area contributed by atoms with Crippen LogP contribution in [0.1, 0.15) is 51.8 Å². The molecule has 1 unspecified atom stereocenters. The third-order valence-corrected chi connectivity index (χ3v) is 4.61. The van der Waals surface area contributed by atoms with Crippen LogP contribution in [0.2, 0.25) is 0 Å². The minimum absolute atomic E-state index is 0.145. The Labute approximate surface area is 199 Å². The number of amides is 2. The number of hydrogen-bond acceptors (Lipinski definition) is 6. The summed E-state index contributed by atoms with van der Waals surface area (Å²) >= 11 is 0. The topological polar surface area (TPSA) is 123 Å². The lowest BCUT2D eigenvalue weighted by molar-refractivity contribution is -0.384. The van der Waals surface area contributed by atoms with Crippen LogP contribution in [0.25, 0.3) is 11.1 Å². The number of nitro benzene ring substituents is 1. The highest BCUT2D eigenvalue weighted by Crippen LogP contribution is 2.33. The van der Waals surface area contributed by atoms with Gasteiger partial charge in [0.25, 0.3) is 5.69 Å². The normalized spacial score (nSPS) is 11.7. The van der Waals surface area contributed by atoms with Gasteiger partial charge in [-0.25, -0.2) is 4.79 Å². The molecule has 34 heavy (non-hydrogen) atoms. The molecule has 9 nitrogen and oxygen atoms in total. The molecule has 1 aromatic carbocycles. The fraction of sp³-hybridized carbons (Fsp3) is 0.320. The number of carbonyl (C=O) groups is 2. The molecule has 2 N–H and O–H groups in total. The summed E-state index contributed by atoms with van der Waals surface area (Å²) in [7, 11) is 0. The van der Waals surface area contributed by atoms with Gasteiger partial charge in [-0.15, -0.1) is 13.2 Å². The number of hydrogen-bond donors (Lipinski definition) is 2. The van der Waals surface area contributed by atoms with Gasteiger partial charge in [-0.2, -0.15) is 0 Å². The largest absolute Gasteiger partial charge is 0.444 e. The molecule has 2 aromatic rings.